The number of aryl methyl sites for hydroxylation is 1. The van der Waals surface area contributed by atoms with E-state index < -0.39 is 0 Å². The SMILES string of the molecule is CCc1c(C(=O)NCC[C@@H]2CCCN2C)c(=O)cc(C)n1Cc1cccs1. The second kappa shape index (κ2) is 8.85. The van der Waals surface area contributed by atoms with Gasteiger partial charge in [-0.25, -0.2) is 0 Å². The van der Waals surface area contributed by atoms with E-state index in [4.69, 9.17) is 0 Å². The zero-order chi connectivity index (χ0) is 19.4. The first-order valence-corrected chi connectivity index (χ1v) is 10.6. The van der Waals surface area contributed by atoms with Gasteiger partial charge in [-0.15, -0.1) is 11.3 Å². The summed E-state index contributed by atoms with van der Waals surface area (Å²) in [5.41, 5.74) is 1.85. The van der Waals surface area contributed by atoms with Gasteiger partial charge in [0, 0.05) is 34.9 Å². The van der Waals surface area contributed by atoms with Crippen LogP contribution in [0.15, 0.2) is 28.4 Å². The second-order valence-electron chi connectivity index (χ2n) is 7.31. The van der Waals surface area contributed by atoms with Crippen molar-refractivity contribution in [2.75, 3.05) is 20.1 Å². The Hall–Kier alpha value is -1.92. The molecule has 1 aliphatic rings. The van der Waals surface area contributed by atoms with Crippen LogP contribution in [0.5, 0.6) is 0 Å². The van der Waals surface area contributed by atoms with Crippen LogP contribution in [0.4, 0.5) is 0 Å². The van der Waals surface area contributed by atoms with Crippen molar-refractivity contribution in [1.29, 1.82) is 0 Å². The molecule has 146 valence electrons. The highest BCUT2D eigenvalue weighted by atomic mass is 32.1. The van der Waals surface area contributed by atoms with Gasteiger partial charge in [-0.3, -0.25) is 9.59 Å². The van der Waals surface area contributed by atoms with Crippen LogP contribution >= 0.6 is 11.3 Å². The summed E-state index contributed by atoms with van der Waals surface area (Å²) in [7, 11) is 2.14. The lowest BCUT2D eigenvalue weighted by Crippen LogP contribution is -2.35. The molecule has 1 aliphatic heterocycles. The van der Waals surface area contributed by atoms with Gasteiger partial charge in [0.15, 0.2) is 5.43 Å². The van der Waals surface area contributed by atoms with E-state index in [0.717, 1.165) is 24.4 Å². The summed E-state index contributed by atoms with van der Waals surface area (Å²) in [5, 5.41) is 5.04. The van der Waals surface area contributed by atoms with Gasteiger partial charge >= 0.3 is 0 Å². The fourth-order valence-corrected chi connectivity index (χ4v) is 4.70. The Bertz CT molecular complexity index is 842. The molecule has 0 aliphatic carbocycles. The third-order valence-corrected chi connectivity index (χ3v) is 6.38. The highest BCUT2D eigenvalue weighted by molar-refractivity contribution is 7.09. The van der Waals surface area contributed by atoms with Crippen molar-refractivity contribution in [2.24, 2.45) is 0 Å². The third-order valence-electron chi connectivity index (χ3n) is 5.52. The highest BCUT2D eigenvalue weighted by Gasteiger charge is 2.22. The maximum absolute atomic E-state index is 12.8. The Morgan fingerprint density at radius 2 is 2.22 bits per heavy atom. The Morgan fingerprint density at radius 3 is 2.85 bits per heavy atom. The molecule has 3 heterocycles. The molecule has 0 unspecified atom stereocenters. The smallest absolute Gasteiger partial charge is 0.257 e. The number of pyridine rings is 1. The van der Waals surface area contributed by atoms with Gasteiger partial charge in [0.1, 0.15) is 5.56 Å². The van der Waals surface area contributed by atoms with Gasteiger partial charge in [0.25, 0.3) is 5.91 Å². The number of rotatable bonds is 7. The lowest BCUT2D eigenvalue weighted by Gasteiger charge is -2.20. The number of likely N-dealkylation sites (tertiary alicyclic amines) is 1. The molecule has 2 aromatic rings. The molecule has 1 N–H and O–H groups in total. The molecule has 0 spiro atoms. The predicted octanol–water partition coefficient (Wildman–Crippen LogP) is 3.04. The van der Waals surface area contributed by atoms with Crippen LogP contribution in [0.2, 0.25) is 0 Å². The summed E-state index contributed by atoms with van der Waals surface area (Å²) in [5.74, 6) is -0.238. The van der Waals surface area contributed by atoms with Gasteiger partial charge in [0.05, 0.1) is 6.54 Å². The molecular formula is C21H29N3O2S. The van der Waals surface area contributed by atoms with Crippen LogP contribution in [0.3, 0.4) is 0 Å². The monoisotopic (exact) mass is 387 g/mol. The van der Waals surface area contributed by atoms with E-state index in [2.05, 4.69) is 27.9 Å². The molecule has 0 saturated carbocycles. The molecule has 0 bridgehead atoms. The van der Waals surface area contributed by atoms with Crippen molar-refractivity contribution in [3.05, 3.63) is 55.6 Å². The van der Waals surface area contributed by atoms with Crippen LogP contribution in [-0.2, 0) is 13.0 Å². The van der Waals surface area contributed by atoms with Crippen LogP contribution in [0.25, 0.3) is 0 Å². The molecule has 0 aromatic carbocycles. The predicted molar refractivity (Wildman–Crippen MR) is 111 cm³/mol. The lowest BCUT2D eigenvalue weighted by molar-refractivity contribution is 0.0947. The van der Waals surface area contributed by atoms with E-state index in [1.54, 1.807) is 17.4 Å². The number of nitrogens with zero attached hydrogens (tertiary/aromatic N) is 2. The first-order valence-electron chi connectivity index (χ1n) is 9.75. The fraction of sp³-hybridized carbons (Fsp3) is 0.524. The Kier molecular flexibility index (Phi) is 6.50. The van der Waals surface area contributed by atoms with Crippen molar-refractivity contribution in [3.8, 4) is 0 Å². The van der Waals surface area contributed by atoms with Gasteiger partial charge < -0.3 is 14.8 Å². The van der Waals surface area contributed by atoms with Crippen LogP contribution in [0, 0.1) is 6.92 Å². The number of aromatic nitrogens is 1. The second-order valence-corrected chi connectivity index (χ2v) is 8.34. The summed E-state index contributed by atoms with van der Waals surface area (Å²) in [6, 6.07) is 6.23. The number of amides is 1. The van der Waals surface area contributed by atoms with E-state index in [1.165, 1.54) is 17.7 Å². The van der Waals surface area contributed by atoms with Gasteiger partial charge in [-0.1, -0.05) is 13.0 Å². The van der Waals surface area contributed by atoms with Gasteiger partial charge in [-0.05, 0) is 57.6 Å². The maximum Gasteiger partial charge on any atom is 0.257 e. The number of hydrogen-bond donors (Lipinski definition) is 1. The van der Waals surface area contributed by atoms with Crippen molar-refractivity contribution in [2.45, 2.75) is 52.1 Å². The zero-order valence-electron chi connectivity index (χ0n) is 16.5. The zero-order valence-corrected chi connectivity index (χ0v) is 17.3. The van der Waals surface area contributed by atoms with E-state index in [-0.39, 0.29) is 11.3 Å². The molecule has 3 rings (SSSR count). The molecule has 2 aromatic heterocycles. The fourth-order valence-electron chi connectivity index (χ4n) is 4.00. The van der Waals surface area contributed by atoms with Crippen LogP contribution in [-0.4, -0.2) is 41.6 Å². The molecule has 1 saturated heterocycles. The summed E-state index contributed by atoms with van der Waals surface area (Å²) in [6.45, 7) is 6.37. The number of nitrogens with one attached hydrogen (secondary N) is 1. The van der Waals surface area contributed by atoms with Crippen LogP contribution in [0.1, 0.15) is 52.8 Å². The third kappa shape index (κ3) is 4.50. The molecule has 5 nitrogen and oxygen atoms in total. The molecule has 1 atom stereocenters. The molecule has 27 heavy (non-hydrogen) atoms. The topological polar surface area (TPSA) is 54.3 Å². The van der Waals surface area contributed by atoms with Gasteiger partial charge in [-0.2, -0.15) is 0 Å². The normalized spacial score (nSPS) is 17.4. The van der Waals surface area contributed by atoms with Crippen molar-refractivity contribution < 1.29 is 4.79 Å². The molecule has 1 fully saturated rings. The summed E-state index contributed by atoms with van der Waals surface area (Å²) in [4.78, 5) is 29.0. The molecular weight excluding hydrogens is 358 g/mol. The Balaban J connectivity index is 1.78. The van der Waals surface area contributed by atoms with E-state index in [0.29, 0.717) is 31.1 Å². The highest BCUT2D eigenvalue weighted by Crippen LogP contribution is 2.18. The van der Waals surface area contributed by atoms with Gasteiger partial charge in [0.2, 0.25) is 0 Å². The summed E-state index contributed by atoms with van der Waals surface area (Å²) in [6.07, 6.45) is 3.99. The Morgan fingerprint density at radius 1 is 1.41 bits per heavy atom. The van der Waals surface area contributed by atoms with E-state index in [9.17, 15) is 9.59 Å². The van der Waals surface area contributed by atoms with E-state index in [1.807, 2.05) is 25.3 Å². The molecule has 0 radical (unpaired) electrons. The summed E-state index contributed by atoms with van der Waals surface area (Å²) >= 11 is 1.69. The minimum atomic E-state index is -0.238. The molecule has 1 amide bonds. The number of hydrogen-bond acceptors (Lipinski definition) is 4. The number of carbonyl (C=O) groups is 1. The maximum atomic E-state index is 12.8. The first kappa shape index (κ1) is 19.8. The summed E-state index contributed by atoms with van der Waals surface area (Å²) < 4.78 is 2.10. The molecule has 6 heteroatoms. The number of thiophene rings is 1. The number of carbonyl (C=O) groups excluding carboxylic acids is 1. The average molecular weight is 388 g/mol. The largest absolute Gasteiger partial charge is 0.352 e. The van der Waals surface area contributed by atoms with Crippen molar-refractivity contribution >= 4 is 17.2 Å². The van der Waals surface area contributed by atoms with Crippen molar-refractivity contribution in [3.63, 3.8) is 0 Å². The van der Waals surface area contributed by atoms with E-state index >= 15 is 0 Å². The average Bonchev–Trinajstić information content (AvgIpc) is 3.28. The quantitative estimate of drug-likeness (QED) is 0.794. The first-order chi connectivity index (χ1) is 13.0. The van der Waals surface area contributed by atoms with Crippen molar-refractivity contribution in [1.82, 2.24) is 14.8 Å². The Labute approximate surface area is 165 Å². The standard InChI is InChI=1S/C21H29N3O2S/c1-4-18-20(21(26)22-10-9-16-7-5-11-23(16)3)19(25)13-15(2)24(18)14-17-8-6-12-27-17/h6,8,12-13,16H,4-5,7,9-11,14H2,1-3H3,(H,22,26)/t16-/m0/s1. The lowest BCUT2D eigenvalue weighted by atomic mass is 10.1. The van der Waals surface area contributed by atoms with Crippen LogP contribution < -0.4 is 10.7 Å². The minimum absolute atomic E-state index is 0.178. The minimum Gasteiger partial charge on any atom is -0.352 e.